The lowest BCUT2D eigenvalue weighted by atomic mass is 9.63. The standard InChI is InChI=1S/C33H41N9O3S/c1-18(22-8-6-13-40(22)3)42-31-21(16-36-42)30(41-14-10-24(43)32(2,44)17-41)37-29(38-31)26-19-7-4-11-33(27(19)45-39-26)12-5-9-23-25(33)20(15-34)28(35)46-23/h16,18,22,24,43-44H,4-14,17,35H2,1-3H3/t18-,22-,24+,32-,33-/m0/s1. The van der Waals surface area contributed by atoms with Crippen LogP contribution in [0.4, 0.5) is 10.8 Å². The molecule has 2 aliphatic heterocycles. The van der Waals surface area contributed by atoms with Gasteiger partial charge in [0.25, 0.3) is 0 Å². The number of piperidine rings is 1. The fourth-order valence-electron chi connectivity index (χ4n) is 8.82. The van der Waals surface area contributed by atoms with Crippen LogP contribution in [-0.4, -0.2) is 84.4 Å². The number of anilines is 2. The number of aliphatic hydroxyl groups is 2. The van der Waals surface area contributed by atoms with Gasteiger partial charge >= 0.3 is 0 Å². The molecular weight excluding hydrogens is 602 g/mol. The number of likely N-dealkylation sites (N-methyl/N-ethyl adjacent to an activating group) is 1. The first kappa shape index (κ1) is 29.8. The molecule has 0 saturated carbocycles. The highest BCUT2D eigenvalue weighted by molar-refractivity contribution is 7.16. The minimum absolute atomic E-state index is 0.0792. The fraction of sp³-hybridized carbons (Fsp3) is 0.606. The number of thiophene rings is 1. The van der Waals surface area contributed by atoms with Gasteiger partial charge in [0.05, 0.1) is 41.3 Å². The Balaban J connectivity index is 1.29. The molecule has 4 aliphatic rings. The zero-order valence-electron chi connectivity index (χ0n) is 26.7. The highest BCUT2D eigenvalue weighted by Gasteiger charge is 2.49. The first-order valence-corrected chi connectivity index (χ1v) is 17.4. The molecule has 4 aromatic rings. The van der Waals surface area contributed by atoms with Gasteiger partial charge in [-0.15, -0.1) is 11.3 Å². The first-order chi connectivity index (χ1) is 22.1. The smallest absolute Gasteiger partial charge is 0.186 e. The van der Waals surface area contributed by atoms with Crippen LogP contribution >= 0.6 is 11.3 Å². The molecule has 5 atom stereocenters. The summed E-state index contributed by atoms with van der Waals surface area (Å²) >= 11 is 1.53. The highest BCUT2D eigenvalue weighted by Crippen LogP contribution is 2.55. The molecule has 2 saturated heterocycles. The summed E-state index contributed by atoms with van der Waals surface area (Å²) in [7, 11) is 2.17. The van der Waals surface area contributed by atoms with Crippen LogP contribution in [0.5, 0.6) is 0 Å². The maximum absolute atomic E-state index is 11.1. The van der Waals surface area contributed by atoms with E-state index < -0.39 is 17.1 Å². The van der Waals surface area contributed by atoms with Crippen LogP contribution in [-0.2, 0) is 18.3 Å². The molecule has 4 aromatic heterocycles. The van der Waals surface area contributed by atoms with Crippen molar-refractivity contribution in [3.63, 3.8) is 0 Å². The number of hydrogen-bond donors (Lipinski definition) is 3. The van der Waals surface area contributed by atoms with Crippen molar-refractivity contribution in [1.29, 1.82) is 5.26 Å². The summed E-state index contributed by atoms with van der Waals surface area (Å²) in [5.41, 5.74) is 8.59. The number of aliphatic hydroxyl groups excluding tert-OH is 1. The van der Waals surface area contributed by atoms with E-state index in [1.165, 1.54) is 16.2 Å². The molecular formula is C33H41N9O3S. The molecule has 13 heteroatoms. The molecule has 1 spiro atoms. The second kappa shape index (κ2) is 10.7. The molecule has 46 heavy (non-hydrogen) atoms. The number of fused-ring (bicyclic) bond motifs is 5. The Morgan fingerprint density at radius 1 is 1.17 bits per heavy atom. The minimum Gasteiger partial charge on any atom is -0.390 e. The molecule has 0 radical (unpaired) electrons. The Bertz CT molecular complexity index is 1870. The average Bonchev–Trinajstić information content (AvgIpc) is 3.83. The average molecular weight is 644 g/mol. The summed E-state index contributed by atoms with van der Waals surface area (Å²) in [6, 6.07) is 2.82. The molecule has 6 heterocycles. The minimum atomic E-state index is -1.29. The van der Waals surface area contributed by atoms with Crippen molar-refractivity contribution >= 4 is 33.2 Å². The van der Waals surface area contributed by atoms with Crippen molar-refractivity contribution in [1.82, 2.24) is 29.8 Å². The predicted octanol–water partition coefficient (Wildman–Crippen LogP) is 3.93. The van der Waals surface area contributed by atoms with E-state index in [4.69, 9.17) is 25.3 Å². The molecule has 242 valence electrons. The van der Waals surface area contributed by atoms with Crippen LogP contribution in [0.3, 0.4) is 0 Å². The largest absolute Gasteiger partial charge is 0.390 e. The van der Waals surface area contributed by atoms with E-state index in [2.05, 4.69) is 30.1 Å². The van der Waals surface area contributed by atoms with Gasteiger partial charge in [0, 0.05) is 23.0 Å². The molecule has 8 rings (SSSR count). The van der Waals surface area contributed by atoms with E-state index in [0.29, 0.717) is 46.9 Å². The number of aryl methyl sites for hydroxylation is 1. The Hall–Kier alpha value is -3.57. The molecule has 0 unspecified atom stereocenters. The summed E-state index contributed by atoms with van der Waals surface area (Å²) in [4.78, 5) is 15.9. The highest BCUT2D eigenvalue weighted by atomic mass is 32.1. The summed E-state index contributed by atoms with van der Waals surface area (Å²) in [6.07, 6.45) is 9.04. The van der Waals surface area contributed by atoms with Gasteiger partial charge in [-0.1, -0.05) is 5.16 Å². The second-order valence-corrected chi connectivity index (χ2v) is 15.2. The van der Waals surface area contributed by atoms with Crippen LogP contribution in [0.2, 0.25) is 0 Å². The monoisotopic (exact) mass is 643 g/mol. The SMILES string of the molecule is C[C@@H]([C@@H]1CCCN1C)n1ncc2c(N3CC[C@@H](O)[C@@](C)(O)C3)nc(-c3noc4c3CCC[C@@]43CCCc4sc(N)c(C#N)c43)nc21. The number of β-amino-alcohol motifs (C(OH)–C–C–N with tert-alkyl or cyclic N) is 1. The van der Waals surface area contributed by atoms with Gasteiger partial charge in [0.1, 0.15) is 22.5 Å². The maximum Gasteiger partial charge on any atom is 0.186 e. The van der Waals surface area contributed by atoms with Gasteiger partial charge in [0.15, 0.2) is 22.9 Å². The number of nitriles is 1. The predicted molar refractivity (Wildman–Crippen MR) is 175 cm³/mol. The zero-order valence-corrected chi connectivity index (χ0v) is 27.5. The molecule has 12 nitrogen and oxygen atoms in total. The second-order valence-electron chi connectivity index (χ2n) is 14.1. The number of nitrogen functional groups attached to an aromatic ring is 1. The molecule has 4 N–H and O–H groups in total. The van der Waals surface area contributed by atoms with Crippen molar-refractivity contribution in [2.24, 2.45) is 0 Å². The normalized spacial score (nSPS) is 28.8. The van der Waals surface area contributed by atoms with Gasteiger partial charge in [0.2, 0.25) is 0 Å². The third-order valence-corrected chi connectivity index (χ3v) is 12.3. The summed E-state index contributed by atoms with van der Waals surface area (Å²) < 4.78 is 8.32. The lowest BCUT2D eigenvalue weighted by molar-refractivity contribution is -0.0692. The number of aromatic nitrogens is 5. The van der Waals surface area contributed by atoms with Crippen LogP contribution < -0.4 is 10.6 Å². The van der Waals surface area contributed by atoms with Gasteiger partial charge in [-0.25, -0.2) is 14.6 Å². The summed E-state index contributed by atoms with van der Waals surface area (Å²) in [6.45, 7) is 5.69. The molecule has 2 fully saturated rings. The molecule has 0 amide bonds. The van der Waals surface area contributed by atoms with Crippen LogP contribution in [0.25, 0.3) is 22.6 Å². The topological polar surface area (TPSA) is 166 Å². The van der Waals surface area contributed by atoms with E-state index in [1.807, 2.05) is 15.8 Å². The number of hydrogen-bond acceptors (Lipinski definition) is 12. The zero-order chi connectivity index (χ0) is 32.0. The van der Waals surface area contributed by atoms with Crippen molar-refractivity contribution in [2.75, 3.05) is 37.3 Å². The quantitative estimate of drug-likeness (QED) is 0.295. The molecule has 0 bridgehead atoms. The number of likely N-dealkylation sites (tertiary alicyclic amines) is 1. The maximum atomic E-state index is 11.1. The van der Waals surface area contributed by atoms with E-state index in [0.717, 1.165) is 85.8 Å². The Morgan fingerprint density at radius 2 is 1.98 bits per heavy atom. The Morgan fingerprint density at radius 3 is 2.72 bits per heavy atom. The third kappa shape index (κ3) is 4.33. The summed E-state index contributed by atoms with van der Waals surface area (Å²) in [5.74, 6) is 1.95. The van der Waals surface area contributed by atoms with E-state index in [-0.39, 0.29) is 12.6 Å². The molecule has 0 aromatic carbocycles. The first-order valence-electron chi connectivity index (χ1n) is 16.5. The van der Waals surface area contributed by atoms with Crippen molar-refractivity contribution in [3.8, 4) is 17.6 Å². The van der Waals surface area contributed by atoms with E-state index in [9.17, 15) is 15.5 Å². The fourth-order valence-corrected chi connectivity index (χ4v) is 9.98. The van der Waals surface area contributed by atoms with Crippen LogP contribution in [0.1, 0.15) is 92.2 Å². The number of nitrogens with two attached hydrogens (primary N) is 1. The van der Waals surface area contributed by atoms with Gasteiger partial charge < -0.3 is 30.3 Å². The van der Waals surface area contributed by atoms with Crippen LogP contribution in [0, 0.1) is 11.3 Å². The van der Waals surface area contributed by atoms with Crippen molar-refractivity contribution in [3.05, 3.63) is 33.5 Å². The van der Waals surface area contributed by atoms with Gasteiger partial charge in [-0.2, -0.15) is 10.4 Å². The lowest BCUT2D eigenvalue weighted by Crippen LogP contribution is -2.55. The van der Waals surface area contributed by atoms with Crippen molar-refractivity contribution < 1.29 is 14.7 Å². The van der Waals surface area contributed by atoms with Gasteiger partial charge in [-0.05, 0) is 90.8 Å². The molecule has 2 aliphatic carbocycles. The van der Waals surface area contributed by atoms with Crippen LogP contribution in [0.15, 0.2) is 10.7 Å². The van der Waals surface area contributed by atoms with Gasteiger partial charge in [-0.3, -0.25) is 0 Å². The summed E-state index contributed by atoms with van der Waals surface area (Å²) in [5, 5.41) is 42.7. The number of nitrogens with zero attached hydrogens (tertiary/aromatic N) is 8. The third-order valence-electron chi connectivity index (χ3n) is 11.2. The van der Waals surface area contributed by atoms with E-state index in [1.54, 1.807) is 6.92 Å². The lowest BCUT2D eigenvalue weighted by Gasteiger charge is -2.41. The van der Waals surface area contributed by atoms with E-state index >= 15 is 0 Å². The van der Waals surface area contributed by atoms with Crippen molar-refractivity contribution in [2.45, 2.75) is 101 Å². The number of rotatable bonds is 4. The Kier molecular flexibility index (Phi) is 6.96. The Labute approximate surface area is 271 Å².